The van der Waals surface area contributed by atoms with Crippen LogP contribution in [0.2, 0.25) is 0 Å². The second-order valence-corrected chi connectivity index (χ2v) is 4.05. The first-order valence-corrected chi connectivity index (χ1v) is 4.10. The third kappa shape index (κ3) is 0.904. The first kappa shape index (κ1) is 8.50. The van der Waals surface area contributed by atoms with E-state index < -0.39 is 17.1 Å². The lowest BCUT2D eigenvalue weighted by molar-refractivity contribution is -0.137. The van der Waals surface area contributed by atoms with Crippen molar-refractivity contribution in [3.63, 3.8) is 0 Å². The van der Waals surface area contributed by atoms with Gasteiger partial charge in [0.05, 0.1) is 13.2 Å². The van der Waals surface area contributed by atoms with Crippen molar-refractivity contribution < 1.29 is 19.1 Å². The Balaban J connectivity index is 2.40. The Morgan fingerprint density at radius 1 is 1.31 bits per heavy atom. The molecule has 2 heterocycles. The van der Waals surface area contributed by atoms with Crippen LogP contribution in [0.5, 0.6) is 0 Å². The molecule has 5 heteroatoms. The van der Waals surface area contributed by atoms with E-state index in [0.29, 0.717) is 6.61 Å². The fourth-order valence-electron chi connectivity index (χ4n) is 1.73. The van der Waals surface area contributed by atoms with Crippen LogP contribution in [0, 0.1) is 5.41 Å². The van der Waals surface area contributed by atoms with Gasteiger partial charge in [-0.05, 0) is 0 Å². The predicted molar refractivity (Wildman–Crippen MR) is 42.0 cm³/mol. The Labute approximate surface area is 75.4 Å². The Hall–Kier alpha value is -1.10. The van der Waals surface area contributed by atoms with Gasteiger partial charge in [-0.1, -0.05) is 13.8 Å². The first-order chi connectivity index (χ1) is 5.98. The maximum absolute atomic E-state index is 11.5. The fourth-order valence-corrected chi connectivity index (χ4v) is 1.73. The number of amides is 2. The summed E-state index contributed by atoms with van der Waals surface area (Å²) in [6.45, 7) is 4.27. The van der Waals surface area contributed by atoms with Crippen LogP contribution in [-0.2, 0) is 14.3 Å². The normalized spacial score (nSPS) is 36.5. The molecule has 1 N–H and O–H groups in total. The van der Waals surface area contributed by atoms with E-state index >= 15 is 0 Å². The van der Waals surface area contributed by atoms with Gasteiger partial charge < -0.3 is 9.47 Å². The Morgan fingerprint density at radius 3 is 2.38 bits per heavy atom. The third-order valence-electron chi connectivity index (χ3n) is 2.71. The van der Waals surface area contributed by atoms with Gasteiger partial charge in [0.25, 0.3) is 5.91 Å². The molecule has 0 bridgehead atoms. The Kier molecular flexibility index (Phi) is 1.46. The van der Waals surface area contributed by atoms with E-state index in [1.807, 2.05) is 13.8 Å². The number of imide groups is 1. The number of carbonyl (C=O) groups excluding carboxylic acids is 2. The minimum Gasteiger partial charge on any atom is -0.429 e. The van der Waals surface area contributed by atoms with Crippen LogP contribution in [0.25, 0.3) is 0 Å². The number of hydrogen-bond acceptors (Lipinski definition) is 4. The van der Waals surface area contributed by atoms with Gasteiger partial charge in [0.1, 0.15) is 0 Å². The molecule has 0 aromatic rings. The summed E-state index contributed by atoms with van der Waals surface area (Å²) in [5.74, 6) is -0.389. The molecule has 1 spiro atoms. The average Bonchev–Trinajstić information content (AvgIpc) is 2.40. The van der Waals surface area contributed by atoms with Gasteiger partial charge >= 0.3 is 6.09 Å². The second-order valence-electron chi connectivity index (χ2n) is 4.05. The highest BCUT2D eigenvalue weighted by atomic mass is 16.6. The van der Waals surface area contributed by atoms with Crippen molar-refractivity contribution >= 4 is 12.0 Å². The Bertz CT molecular complexity index is 286. The van der Waals surface area contributed by atoms with Crippen molar-refractivity contribution in [1.29, 1.82) is 0 Å². The molecule has 0 aromatic heterocycles. The van der Waals surface area contributed by atoms with Crippen molar-refractivity contribution in [2.24, 2.45) is 5.41 Å². The third-order valence-corrected chi connectivity index (χ3v) is 2.71. The van der Waals surface area contributed by atoms with Crippen molar-refractivity contribution in [2.75, 3.05) is 13.2 Å². The summed E-state index contributed by atoms with van der Waals surface area (Å²) in [6.07, 6.45) is -0.677. The summed E-state index contributed by atoms with van der Waals surface area (Å²) in [4.78, 5) is 22.4. The van der Waals surface area contributed by atoms with Crippen molar-refractivity contribution in [2.45, 2.75) is 19.4 Å². The number of hydrogen-bond donors (Lipinski definition) is 1. The second kappa shape index (κ2) is 2.23. The van der Waals surface area contributed by atoms with Gasteiger partial charge in [-0.15, -0.1) is 0 Å². The van der Waals surface area contributed by atoms with Crippen LogP contribution in [0.3, 0.4) is 0 Å². The summed E-state index contributed by atoms with van der Waals surface area (Å²) >= 11 is 0. The van der Waals surface area contributed by atoms with Gasteiger partial charge in [0.2, 0.25) is 5.60 Å². The van der Waals surface area contributed by atoms with Gasteiger partial charge in [-0.25, -0.2) is 4.79 Å². The summed E-state index contributed by atoms with van der Waals surface area (Å²) in [5, 5.41) is 2.13. The van der Waals surface area contributed by atoms with Crippen LogP contribution in [0.15, 0.2) is 0 Å². The van der Waals surface area contributed by atoms with E-state index in [1.54, 1.807) is 0 Å². The summed E-state index contributed by atoms with van der Waals surface area (Å²) < 4.78 is 10.2. The molecule has 0 aromatic carbocycles. The van der Waals surface area contributed by atoms with Gasteiger partial charge in [0, 0.05) is 5.41 Å². The van der Waals surface area contributed by atoms with E-state index in [2.05, 4.69) is 5.32 Å². The molecule has 13 heavy (non-hydrogen) atoms. The summed E-state index contributed by atoms with van der Waals surface area (Å²) in [5.41, 5.74) is -1.56. The fraction of sp³-hybridized carbons (Fsp3) is 0.750. The number of nitrogens with one attached hydrogen (secondary N) is 1. The molecule has 0 saturated carbocycles. The molecule has 0 radical (unpaired) electrons. The van der Waals surface area contributed by atoms with Gasteiger partial charge in [-0.3, -0.25) is 10.1 Å². The van der Waals surface area contributed by atoms with Crippen LogP contribution >= 0.6 is 0 Å². The van der Waals surface area contributed by atoms with Crippen LogP contribution in [0.4, 0.5) is 4.79 Å². The SMILES string of the molecule is CC1(C)COCC12OC(=O)NC2=O. The van der Waals surface area contributed by atoms with Crippen molar-refractivity contribution in [3.8, 4) is 0 Å². The maximum Gasteiger partial charge on any atom is 0.415 e. The highest BCUT2D eigenvalue weighted by Crippen LogP contribution is 2.42. The standard InChI is InChI=1S/C8H11NO4/c1-7(2)3-12-4-8(7)5(10)9-6(11)13-8/h3-4H2,1-2H3,(H,9,10,11). The smallest absolute Gasteiger partial charge is 0.415 e. The lowest BCUT2D eigenvalue weighted by atomic mass is 9.77. The van der Waals surface area contributed by atoms with Crippen molar-refractivity contribution in [3.05, 3.63) is 0 Å². The van der Waals surface area contributed by atoms with E-state index in [9.17, 15) is 9.59 Å². The van der Waals surface area contributed by atoms with Crippen LogP contribution in [-0.4, -0.2) is 30.8 Å². The summed E-state index contributed by atoms with van der Waals surface area (Å²) in [6, 6.07) is 0. The van der Waals surface area contributed by atoms with Crippen LogP contribution in [0.1, 0.15) is 13.8 Å². The highest BCUT2D eigenvalue weighted by Gasteiger charge is 2.62. The molecule has 2 aliphatic rings. The largest absolute Gasteiger partial charge is 0.429 e. The monoisotopic (exact) mass is 185 g/mol. The van der Waals surface area contributed by atoms with Crippen molar-refractivity contribution in [1.82, 2.24) is 5.32 Å². The molecule has 1 unspecified atom stereocenters. The zero-order valence-corrected chi connectivity index (χ0v) is 7.55. The lowest BCUT2D eigenvalue weighted by Crippen LogP contribution is -2.50. The summed E-state index contributed by atoms with van der Waals surface area (Å²) in [7, 11) is 0. The Morgan fingerprint density at radius 2 is 2.00 bits per heavy atom. The predicted octanol–water partition coefficient (Wildman–Crippen LogP) is 0.0480. The number of carbonyl (C=O) groups is 2. The molecule has 1 atom stereocenters. The van der Waals surface area contributed by atoms with Gasteiger partial charge in [0.15, 0.2) is 0 Å². The molecule has 2 saturated heterocycles. The molecule has 2 fully saturated rings. The molecular weight excluding hydrogens is 174 g/mol. The molecule has 2 amide bonds. The molecule has 72 valence electrons. The van der Waals surface area contributed by atoms with E-state index in [0.717, 1.165) is 0 Å². The lowest BCUT2D eigenvalue weighted by Gasteiger charge is -2.30. The van der Waals surface area contributed by atoms with E-state index in [1.165, 1.54) is 0 Å². The first-order valence-electron chi connectivity index (χ1n) is 4.10. The number of ether oxygens (including phenoxy) is 2. The van der Waals surface area contributed by atoms with Gasteiger partial charge in [-0.2, -0.15) is 0 Å². The number of rotatable bonds is 0. The zero-order valence-electron chi connectivity index (χ0n) is 7.55. The molecule has 5 nitrogen and oxygen atoms in total. The topological polar surface area (TPSA) is 64.6 Å². The average molecular weight is 185 g/mol. The quantitative estimate of drug-likeness (QED) is 0.579. The molecule has 0 aliphatic carbocycles. The number of alkyl carbamates (subject to hydrolysis) is 1. The maximum atomic E-state index is 11.5. The van der Waals surface area contributed by atoms with E-state index in [-0.39, 0.29) is 12.5 Å². The molecule has 2 rings (SSSR count). The molecule has 2 aliphatic heterocycles. The van der Waals surface area contributed by atoms with E-state index in [4.69, 9.17) is 9.47 Å². The highest BCUT2D eigenvalue weighted by molar-refractivity contribution is 6.03. The molecular formula is C8H11NO4. The minimum absolute atomic E-state index is 0.150. The van der Waals surface area contributed by atoms with Crippen LogP contribution < -0.4 is 5.32 Å². The minimum atomic E-state index is -1.11. The zero-order chi connectivity index (χ0) is 9.69.